The molecule has 0 saturated carbocycles. The van der Waals surface area contributed by atoms with Gasteiger partial charge in [0.2, 0.25) is 5.82 Å². The number of carbonyl (C=O) groups excluding carboxylic acids is 1. The number of amides is 1. The molecule has 1 amide bonds. The number of alkyl carbamates (subject to hydrolysis) is 1. The number of anilines is 1. The van der Waals surface area contributed by atoms with Gasteiger partial charge >= 0.3 is 11.8 Å². The Balaban J connectivity index is 2.08. The lowest BCUT2D eigenvalue weighted by Crippen LogP contribution is -2.48. The molecule has 140 valence electrons. The van der Waals surface area contributed by atoms with Crippen LogP contribution in [0.2, 0.25) is 0 Å². The van der Waals surface area contributed by atoms with Crippen molar-refractivity contribution < 1.29 is 14.5 Å². The molecular formula is C16H27N5O4. The SMILES string of the molecule is Cn1ncc([N+](=O)[O-])c1N1CCC[C@@](C)(NC(=O)OC(C)(C)C)CC1. The molecule has 9 nitrogen and oxygen atoms in total. The Hall–Kier alpha value is -2.32. The van der Waals surface area contributed by atoms with E-state index in [2.05, 4.69) is 10.4 Å². The Bertz CT molecular complexity index is 651. The molecule has 2 rings (SSSR count). The normalized spacial score (nSPS) is 21.6. The number of hydrogen-bond donors (Lipinski definition) is 1. The number of hydrogen-bond acceptors (Lipinski definition) is 6. The average molecular weight is 353 g/mol. The van der Waals surface area contributed by atoms with Crippen LogP contribution in [0.3, 0.4) is 0 Å². The molecule has 9 heteroatoms. The van der Waals surface area contributed by atoms with Crippen LogP contribution in [0, 0.1) is 10.1 Å². The van der Waals surface area contributed by atoms with Crippen molar-refractivity contribution in [2.45, 2.75) is 58.1 Å². The first kappa shape index (κ1) is 19.0. The maximum Gasteiger partial charge on any atom is 0.408 e. The van der Waals surface area contributed by atoms with Gasteiger partial charge in [0.05, 0.1) is 4.92 Å². The Labute approximate surface area is 147 Å². The Morgan fingerprint density at radius 3 is 2.68 bits per heavy atom. The summed E-state index contributed by atoms with van der Waals surface area (Å²) in [6.07, 6.45) is 3.07. The van der Waals surface area contributed by atoms with Crippen molar-refractivity contribution in [1.29, 1.82) is 0 Å². The summed E-state index contributed by atoms with van der Waals surface area (Å²) in [5.41, 5.74) is -0.956. The molecule has 1 aliphatic rings. The van der Waals surface area contributed by atoms with Gasteiger partial charge in [-0.1, -0.05) is 0 Å². The predicted molar refractivity (Wildman–Crippen MR) is 93.7 cm³/mol. The summed E-state index contributed by atoms with van der Waals surface area (Å²) in [5, 5.41) is 18.2. The van der Waals surface area contributed by atoms with E-state index in [4.69, 9.17) is 4.74 Å². The maximum atomic E-state index is 12.1. The van der Waals surface area contributed by atoms with E-state index in [0.717, 1.165) is 12.8 Å². The maximum absolute atomic E-state index is 12.1. The topological polar surface area (TPSA) is 103 Å². The second-order valence-electron chi connectivity index (χ2n) is 7.76. The fourth-order valence-electron chi connectivity index (χ4n) is 3.08. The highest BCUT2D eigenvalue weighted by Crippen LogP contribution is 2.31. The molecular weight excluding hydrogens is 326 g/mol. The number of nitro groups is 1. The summed E-state index contributed by atoms with van der Waals surface area (Å²) in [4.78, 5) is 24.9. The zero-order valence-corrected chi connectivity index (χ0v) is 15.5. The van der Waals surface area contributed by atoms with Crippen molar-refractivity contribution in [2.24, 2.45) is 7.05 Å². The number of rotatable bonds is 3. The molecule has 0 bridgehead atoms. The minimum absolute atomic E-state index is 0.00574. The second kappa shape index (κ2) is 6.89. The molecule has 2 heterocycles. The second-order valence-corrected chi connectivity index (χ2v) is 7.76. The van der Waals surface area contributed by atoms with E-state index in [1.165, 1.54) is 10.9 Å². The van der Waals surface area contributed by atoms with Gasteiger partial charge in [-0.15, -0.1) is 0 Å². The van der Waals surface area contributed by atoms with Crippen LogP contribution in [0.4, 0.5) is 16.3 Å². The third-order valence-corrected chi connectivity index (χ3v) is 4.28. The first-order chi connectivity index (χ1) is 11.5. The molecule has 0 spiro atoms. The minimum Gasteiger partial charge on any atom is -0.444 e. The summed E-state index contributed by atoms with van der Waals surface area (Å²) < 4.78 is 6.88. The van der Waals surface area contributed by atoms with Gasteiger partial charge in [-0.25, -0.2) is 9.48 Å². The van der Waals surface area contributed by atoms with Gasteiger partial charge < -0.3 is 15.0 Å². The number of carbonyl (C=O) groups is 1. The van der Waals surface area contributed by atoms with Crippen molar-refractivity contribution in [3.05, 3.63) is 16.3 Å². The zero-order valence-electron chi connectivity index (χ0n) is 15.5. The van der Waals surface area contributed by atoms with Gasteiger partial charge in [0.1, 0.15) is 11.8 Å². The van der Waals surface area contributed by atoms with E-state index in [0.29, 0.717) is 25.3 Å². The molecule has 1 N–H and O–H groups in total. The number of nitrogens with zero attached hydrogens (tertiary/aromatic N) is 4. The van der Waals surface area contributed by atoms with E-state index < -0.39 is 22.2 Å². The molecule has 1 atom stereocenters. The third kappa shape index (κ3) is 4.83. The van der Waals surface area contributed by atoms with Crippen molar-refractivity contribution in [1.82, 2.24) is 15.1 Å². The standard InChI is InChI=1S/C16H27N5O4/c1-15(2,3)25-14(22)18-16(4)7-6-9-20(10-8-16)13-12(21(23)24)11-17-19(13)5/h11H,6-10H2,1-5H3,(H,18,22)/t16-/m1/s1. The summed E-state index contributed by atoms with van der Waals surface area (Å²) in [5.74, 6) is 0.506. The Morgan fingerprint density at radius 1 is 1.40 bits per heavy atom. The van der Waals surface area contributed by atoms with Crippen LogP contribution in [0.1, 0.15) is 47.0 Å². The Morgan fingerprint density at radius 2 is 2.08 bits per heavy atom. The van der Waals surface area contributed by atoms with Gasteiger partial charge in [0.25, 0.3) is 0 Å². The van der Waals surface area contributed by atoms with Crippen molar-refractivity contribution in [3.63, 3.8) is 0 Å². The fraction of sp³-hybridized carbons (Fsp3) is 0.750. The number of aromatic nitrogens is 2. The van der Waals surface area contributed by atoms with E-state index in [1.54, 1.807) is 7.05 Å². The van der Waals surface area contributed by atoms with Crippen LogP contribution in [0.25, 0.3) is 0 Å². The van der Waals surface area contributed by atoms with Crippen LogP contribution < -0.4 is 10.2 Å². The number of aryl methyl sites for hydroxylation is 1. The van der Waals surface area contributed by atoms with Crippen molar-refractivity contribution in [2.75, 3.05) is 18.0 Å². The van der Waals surface area contributed by atoms with Crippen LogP contribution in [-0.2, 0) is 11.8 Å². The zero-order chi connectivity index (χ0) is 18.8. The van der Waals surface area contributed by atoms with Crippen LogP contribution in [0.15, 0.2) is 6.20 Å². The molecule has 0 aromatic carbocycles. The summed E-state index contributed by atoms with van der Waals surface area (Å²) >= 11 is 0. The molecule has 1 saturated heterocycles. The number of nitrogens with one attached hydrogen (secondary N) is 1. The van der Waals surface area contributed by atoms with E-state index >= 15 is 0 Å². The molecule has 0 unspecified atom stereocenters. The molecule has 25 heavy (non-hydrogen) atoms. The fourth-order valence-corrected chi connectivity index (χ4v) is 3.08. The monoisotopic (exact) mass is 353 g/mol. The van der Waals surface area contributed by atoms with Crippen molar-refractivity contribution >= 4 is 17.6 Å². The highest BCUT2D eigenvalue weighted by Gasteiger charge is 2.34. The minimum atomic E-state index is -0.549. The first-order valence-corrected chi connectivity index (χ1v) is 8.43. The molecule has 1 fully saturated rings. The van der Waals surface area contributed by atoms with Gasteiger partial charge in [-0.05, 0) is 47.0 Å². The van der Waals surface area contributed by atoms with Gasteiger partial charge in [-0.3, -0.25) is 10.1 Å². The summed E-state index contributed by atoms with van der Waals surface area (Å²) in [6, 6.07) is 0. The van der Waals surface area contributed by atoms with Crippen LogP contribution >= 0.6 is 0 Å². The summed E-state index contributed by atoms with van der Waals surface area (Å²) in [7, 11) is 1.70. The largest absolute Gasteiger partial charge is 0.444 e. The van der Waals surface area contributed by atoms with Gasteiger partial charge in [0.15, 0.2) is 0 Å². The molecule has 1 aliphatic heterocycles. The average Bonchev–Trinajstić information content (AvgIpc) is 2.72. The molecule has 0 aliphatic carbocycles. The van der Waals surface area contributed by atoms with E-state index in [1.807, 2.05) is 32.6 Å². The predicted octanol–water partition coefficient (Wildman–Crippen LogP) is 2.60. The molecule has 1 aromatic heterocycles. The first-order valence-electron chi connectivity index (χ1n) is 8.43. The Kier molecular flexibility index (Phi) is 5.24. The quantitative estimate of drug-likeness (QED) is 0.662. The van der Waals surface area contributed by atoms with Crippen molar-refractivity contribution in [3.8, 4) is 0 Å². The van der Waals surface area contributed by atoms with E-state index in [-0.39, 0.29) is 5.69 Å². The molecule has 0 radical (unpaired) electrons. The highest BCUT2D eigenvalue weighted by molar-refractivity contribution is 5.68. The smallest absolute Gasteiger partial charge is 0.408 e. The third-order valence-electron chi connectivity index (χ3n) is 4.28. The lowest BCUT2D eigenvalue weighted by Gasteiger charge is -2.31. The van der Waals surface area contributed by atoms with Crippen LogP contribution in [0.5, 0.6) is 0 Å². The van der Waals surface area contributed by atoms with E-state index in [9.17, 15) is 14.9 Å². The lowest BCUT2D eigenvalue weighted by molar-refractivity contribution is -0.384. The highest BCUT2D eigenvalue weighted by atomic mass is 16.6. The lowest BCUT2D eigenvalue weighted by atomic mass is 9.93. The van der Waals surface area contributed by atoms with Gasteiger partial charge in [-0.2, -0.15) is 5.10 Å². The summed E-state index contributed by atoms with van der Waals surface area (Å²) in [6.45, 7) is 8.72. The van der Waals surface area contributed by atoms with Crippen LogP contribution in [-0.4, -0.2) is 45.0 Å². The number of ether oxygens (including phenoxy) is 1. The molecule has 1 aromatic rings. The van der Waals surface area contributed by atoms with Gasteiger partial charge in [0, 0.05) is 25.7 Å².